The molecule has 3 aliphatic rings. The molecule has 10 heteroatoms. The fourth-order valence-corrected chi connectivity index (χ4v) is 6.43. The molecule has 4 rings (SSSR count). The summed E-state index contributed by atoms with van der Waals surface area (Å²) in [6, 6.07) is 2.25. The molecule has 164 valence electrons. The predicted octanol–water partition coefficient (Wildman–Crippen LogP) is 2.37. The highest BCUT2D eigenvalue weighted by Gasteiger charge is 2.51. The molecule has 0 radical (unpaired) electrons. The molecular formula is C20H25F2N3O4S. The normalized spacial score (nSPS) is 28.5. The van der Waals surface area contributed by atoms with E-state index >= 15 is 0 Å². The Hall–Kier alpha value is -2.07. The topological polar surface area (TPSA) is 86.8 Å². The zero-order chi connectivity index (χ0) is 21.8. The van der Waals surface area contributed by atoms with Crippen LogP contribution in [0.2, 0.25) is 0 Å². The molecule has 1 aliphatic heterocycles. The van der Waals surface area contributed by atoms with Crippen LogP contribution >= 0.6 is 0 Å². The molecule has 3 atom stereocenters. The Morgan fingerprint density at radius 1 is 1.17 bits per heavy atom. The van der Waals surface area contributed by atoms with E-state index in [1.54, 1.807) is 0 Å². The first-order valence-corrected chi connectivity index (χ1v) is 11.6. The summed E-state index contributed by atoms with van der Waals surface area (Å²) in [5.41, 5.74) is -0.654. The minimum Gasteiger partial charge on any atom is -0.316 e. The quantitative estimate of drug-likeness (QED) is 0.760. The number of rotatable bonds is 5. The Morgan fingerprint density at radius 2 is 1.80 bits per heavy atom. The van der Waals surface area contributed by atoms with Crippen LogP contribution in [0.15, 0.2) is 18.2 Å². The molecule has 1 saturated heterocycles. The van der Waals surface area contributed by atoms with E-state index in [2.05, 4.69) is 4.72 Å². The Balaban J connectivity index is 1.58. The van der Waals surface area contributed by atoms with Gasteiger partial charge >= 0.3 is 6.03 Å². The first-order valence-electron chi connectivity index (χ1n) is 10.1. The van der Waals surface area contributed by atoms with Crippen molar-refractivity contribution in [3.8, 4) is 0 Å². The van der Waals surface area contributed by atoms with Gasteiger partial charge in [0.25, 0.3) is 0 Å². The lowest BCUT2D eigenvalue weighted by molar-refractivity contribution is -0.139. The van der Waals surface area contributed by atoms with Crippen LogP contribution in [0.1, 0.15) is 44.6 Å². The molecule has 0 bridgehead atoms. The van der Waals surface area contributed by atoms with Crippen molar-refractivity contribution in [2.75, 3.05) is 7.05 Å². The van der Waals surface area contributed by atoms with E-state index < -0.39 is 56.3 Å². The van der Waals surface area contributed by atoms with Gasteiger partial charge in [-0.3, -0.25) is 9.69 Å². The van der Waals surface area contributed by atoms with Crippen molar-refractivity contribution in [1.29, 1.82) is 0 Å². The number of halogens is 2. The summed E-state index contributed by atoms with van der Waals surface area (Å²) >= 11 is 0. The second kappa shape index (κ2) is 7.26. The van der Waals surface area contributed by atoms with Gasteiger partial charge in [-0.1, -0.05) is 6.07 Å². The van der Waals surface area contributed by atoms with E-state index in [1.165, 1.54) is 18.0 Å². The Labute approximate surface area is 174 Å². The van der Waals surface area contributed by atoms with E-state index in [9.17, 15) is 26.8 Å². The number of hydrogen-bond acceptors (Lipinski definition) is 4. The summed E-state index contributed by atoms with van der Waals surface area (Å²) in [6.45, 7) is 1.53. The van der Waals surface area contributed by atoms with Gasteiger partial charge in [0, 0.05) is 24.2 Å². The monoisotopic (exact) mass is 441 g/mol. The van der Waals surface area contributed by atoms with Crippen LogP contribution in [0.4, 0.5) is 13.6 Å². The minimum absolute atomic E-state index is 0.0722. The Morgan fingerprint density at radius 3 is 2.40 bits per heavy atom. The summed E-state index contributed by atoms with van der Waals surface area (Å²) in [5.74, 6) is -2.72. The smallest absolute Gasteiger partial charge is 0.316 e. The second-order valence-corrected chi connectivity index (χ2v) is 10.8. The third-order valence-corrected chi connectivity index (χ3v) is 8.65. The van der Waals surface area contributed by atoms with Crippen molar-refractivity contribution >= 4 is 22.0 Å². The van der Waals surface area contributed by atoms with Crippen LogP contribution in [0.3, 0.4) is 0 Å². The highest BCUT2D eigenvalue weighted by Crippen LogP contribution is 2.40. The molecule has 1 heterocycles. The molecule has 0 aromatic heterocycles. The maximum atomic E-state index is 14.2. The van der Waals surface area contributed by atoms with Crippen LogP contribution in [0.25, 0.3) is 0 Å². The van der Waals surface area contributed by atoms with Crippen molar-refractivity contribution in [1.82, 2.24) is 14.5 Å². The first-order chi connectivity index (χ1) is 14.0. The second-order valence-electron chi connectivity index (χ2n) is 8.82. The standard InChI is InChI=1S/C20H25F2N3O4S/c1-20(8-9-20)23-30(28,29)12-6-7-17-13(10-12)18(26)24(2)19(27)25(17)11-14-15(21)4-3-5-16(14)22/h3-5,12-13,17,23H,6-11H2,1-2H3. The molecule has 0 spiro atoms. The molecule has 3 fully saturated rings. The third kappa shape index (κ3) is 3.71. The number of carbonyl (C=O) groups excluding carboxylic acids is 2. The van der Waals surface area contributed by atoms with Crippen LogP contribution in [0.5, 0.6) is 0 Å². The molecule has 3 unspecified atom stereocenters. The fraction of sp³-hybridized carbons (Fsp3) is 0.600. The number of imide groups is 1. The molecule has 30 heavy (non-hydrogen) atoms. The molecule has 2 saturated carbocycles. The molecule has 3 amide bonds. The van der Waals surface area contributed by atoms with Gasteiger partial charge in [-0.2, -0.15) is 0 Å². The van der Waals surface area contributed by atoms with Gasteiger partial charge in [-0.05, 0) is 51.2 Å². The molecule has 2 aliphatic carbocycles. The summed E-state index contributed by atoms with van der Waals surface area (Å²) < 4.78 is 56.7. The van der Waals surface area contributed by atoms with Crippen molar-refractivity contribution < 1.29 is 26.8 Å². The lowest BCUT2D eigenvalue weighted by atomic mass is 9.80. The lowest BCUT2D eigenvalue weighted by Crippen LogP contribution is -2.62. The van der Waals surface area contributed by atoms with Gasteiger partial charge in [0.05, 0.1) is 17.7 Å². The number of nitrogens with one attached hydrogen (secondary N) is 1. The average Bonchev–Trinajstić information content (AvgIpc) is 3.40. The maximum absolute atomic E-state index is 14.2. The van der Waals surface area contributed by atoms with E-state index in [1.807, 2.05) is 6.92 Å². The van der Waals surface area contributed by atoms with Crippen molar-refractivity contribution in [3.05, 3.63) is 35.4 Å². The third-order valence-electron chi connectivity index (χ3n) is 6.56. The van der Waals surface area contributed by atoms with Crippen LogP contribution in [-0.4, -0.2) is 54.0 Å². The van der Waals surface area contributed by atoms with Gasteiger partial charge in [0.15, 0.2) is 0 Å². The van der Waals surface area contributed by atoms with Crippen molar-refractivity contribution in [2.24, 2.45) is 5.92 Å². The summed E-state index contributed by atoms with van der Waals surface area (Å²) in [5, 5.41) is -0.742. The SMILES string of the molecule is CN1C(=O)C2CC(S(=O)(=O)NC3(C)CC3)CCC2N(Cc2c(F)cccc2F)C1=O. The summed E-state index contributed by atoms with van der Waals surface area (Å²) in [6.07, 6.45) is 2.18. The molecular weight excluding hydrogens is 416 g/mol. The van der Waals surface area contributed by atoms with Gasteiger partial charge in [0.2, 0.25) is 15.9 Å². The molecule has 1 aromatic rings. The average molecular weight is 442 g/mol. The zero-order valence-electron chi connectivity index (χ0n) is 16.9. The Bertz CT molecular complexity index is 976. The highest BCUT2D eigenvalue weighted by atomic mass is 32.2. The van der Waals surface area contributed by atoms with Crippen LogP contribution in [-0.2, 0) is 21.4 Å². The number of sulfonamides is 1. The number of amides is 3. The van der Waals surface area contributed by atoms with E-state index in [4.69, 9.17) is 0 Å². The molecule has 7 nitrogen and oxygen atoms in total. The first kappa shape index (κ1) is 21.2. The highest BCUT2D eigenvalue weighted by molar-refractivity contribution is 7.90. The maximum Gasteiger partial charge on any atom is 0.327 e. The summed E-state index contributed by atoms with van der Waals surface area (Å²) in [7, 11) is -2.30. The predicted molar refractivity (Wildman–Crippen MR) is 105 cm³/mol. The largest absolute Gasteiger partial charge is 0.327 e. The van der Waals surface area contributed by atoms with Crippen molar-refractivity contribution in [2.45, 2.75) is 62.4 Å². The van der Waals surface area contributed by atoms with Crippen molar-refractivity contribution in [3.63, 3.8) is 0 Å². The van der Waals surface area contributed by atoms with Crippen LogP contribution < -0.4 is 4.72 Å². The van der Waals surface area contributed by atoms with Gasteiger partial charge < -0.3 is 4.90 Å². The van der Waals surface area contributed by atoms with Gasteiger partial charge in [-0.15, -0.1) is 0 Å². The van der Waals surface area contributed by atoms with E-state index in [0.717, 1.165) is 29.9 Å². The number of hydrogen-bond donors (Lipinski definition) is 1. The molecule has 1 N–H and O–H groups in total. The summed E-state index contributed by atoms with van der Waals surface area (Å²) in [4.78, 5) is 27.8. The molecule has 1 aromatic carbocycles. The van der Waals surface area contributed by atoms with Gasteiger partial charge in [0.1, 0.15) is 11.6 Å². The lowest BCUT2D eigenvalue weighted by Gasteiger charge is -2.47. The number of urea groups is 1. The fourth-order valence-electron chi connectivity index (χ4n) is 4.47. The number of fused-ring (bicyclic) bond motifs is 1. The Kier molecular flexibility index (Phi) is 5.13. The zero-order valence-corrected chi connectivity index (χ0v) is 17.7. The van der Waals surface area contributed by atoms with Crippen LogP contribution in [0, 0.1) is 17.6 Å². The minimum atomic E-state index is -3.62. The number of carbonyl (C=O) groups is 2. The van der Waals surface area contributed by atoms with E-state index in [0.29, 0.717) is 0 Å². The number of benzene rings is 1. The number of nitrogens with zero attached hydrogens (tertiary/aromatic N) is 2. The van der Waals surface area contributed by atoms with Gasteiger partial charge in [-0.25, -0.2) is 26.7 Å². The van der Waals surface area contributed by atoms with E-state index in [-0.39, 0.29) is 31.4 Å².